The minimum atomic E-state index is -0.115. The highest BCUT2D eigenvalue weighted by molar-refractivity contribution is 5.83. The van der Waals surface area contributed by atoms with E-state index in [1.54, 1.807) is 0 Å². The highest BCUT2D eigenvalue weighted by atomic mass is 16.3. The van der Waals surface area contributed by atoms with Crippen molar-refractivity contribution in [3.05, 3.63) is 23.7 Å². The molecule has 0 unspecified atom stereocenters. The van der Waals surface area contributed by atoms with Gasteiger partial charge in [-0.2, -0.15) is 0 Å². The Morgan fingerprint density at radius 3 is 2.40 bits per heavy atom. The second kappa shape index (κ2) is 4.09. The van der Waals surface area contributed by atoms with E-state index in [1.807, 2.05) is 51.8 Å². The quantitative estimate of drug-likeness (QED) is 0.599. The van der Waals surface area contributed by atoms with Crippen molar-refractivity contribution in [1.82, 2.24) is 4.90 Å². The van der Waals surface area contributed by atoms with Crippen LogP contribution in [0.25, 0.3) is 0 Å². The molecule has 0 bridgehead atoms. The number of rotatable bonds is 2. The van der Waals surface area contributed by atoms with E-state index in [0.717, 1.165) is 11.5 Å². The van der Waals surface area contributed by atoms with Gasteiger partial charge in [0.05, 0.1) is 6.54 Å². The molecule has 0 aromatic carbocycles. The molecule has 15 heavy (non-hydrogen) atoms. The van der Waals surface area contributed by atoms with Crippen LogP contribution in [0, 0.1) is 17.7 Å². The van der Waals surface area contributed by atoms with Gasteiger partial charge in [0, 0.05) is 12.5 Å². The lowest BCUT2D eigenvalue weighted by atomic mass is 9.94. The summed E-state index contributed by atoms with van der Waals surface area (Å²) in [5, 5.41) is 7.99. The average Bonchev–Trinajstić information content (AvgIpc) is 2.48. The van der Waals surface area contributed by atoms with Crippen molar-refractivity contribution in [2.24, 2.45) is 5.41 Å². The predicted octanol–water partition coefficient (Wildman–Crippen LogP) is 3.04. The van der Waals surface area contributed by atoms with Crippen LogP contribution < -0.4 is 0 Å². The lowest BCUT2D eigenvalue weighted by Gasteiger charge is -2.28. The van der Waals surface area contributed by atoms with Crippen LogP contribution in [0.3, 0.4) is 0 Å². The standard InChI is InChI=1S/C12H20N2O/c1-9-6-7-10(15-9)8-14(5)11(13)12(2,3)4/h6-7,13H,8H2,1-5H3. The van der Waals surface area contributed by atoms with Gasteiger partial charge in [-0.05, 0) is 19.1 Å². The zero-order valence-corrected chi connectivity index (χ0v) is 10.2. The number of aryl methyl sites for hydroxylation is 1. The largest absolute Gasteiger partial charge is 0.464 e. The van der Waals surface area contributed by atoms with Gasteiger partial charge in [-0.3, -0.25) is 5.41 Å². The van der Waals surface area contributed by atoms with Crippen molar-refractivity contribution in [1.29, 1.82) is 5.41 Å². The molecule has 0 saturated heterocycles. The summed E-state index contributed by atoms with van der Waals surface area (Å²) in [6.07, 6.45) is 0. The SMILES string of the molecule is Cc1ccc(CN(C)C(=N)C(C)(C)C)o1. The topological polar surface area (TPSA) is 40.2 Å². The normalized spacial score (nSPS) is 11.5. The Bertz CT molecular complexity index is 347. The molecule has 3 nitrogen and oxygen atoms in total. The van der Waals surface area contributed by atoms with Crippen LogP contribution in [0.5, 0.6) is 0 Å². The Hall–Kier alpha value is -1.25. The maximum Gasteiger partial charge on any atom is 0.123 e. The highest BCUT2D eigenvalue weighted by Crippen LogP contribution is 2.18. The molecule has 1 heterocycles. The third-order valence-corrected chi connectivity index (χ3v) is 2.28. The van der Waals surface area contributed by atoms with E-state index in [-0.39, 0.29) is 5.41 Å². The van der Waals surface area contributed by atoms with E-state index in [2.05, 4.69) is 0 Å². The van der Waals surface area contributed by atoms with Gasteiger partial charge in [-0.15, -0.1) is 0 Å². The van der Waals surface area contributed by atoms with E-state index >= 15 is 0 Å². The zero-order valence-electron chi connectivity index (χ0n) is 10.2. The van der Waals surface area contributed by atoms with Crippen molar-refractivity contribution in [2.75, 3.05) is 7.05 Å². The molecule has 1 aromatic rings. The third-order valence-electron chi connectivity index (χ3n) is 2.28. The number of hydrogen-bond donors (Lipinski definition) is 1. The van der Waals surface area contributed by atoms with Crippen molar-refractivity contribution < 1.29 is 4.42 Å². The van der Waals surface area contributed by atoms with Crippen LogP contribution in [0.2, 0.25) is 0 Å². The van der Waals surface area contributed by atoms with Crippen molar-refractivity contribution in [2.45, 2.75) is 34.2 Å². The summed E-state index contributed by atoms with van der Waals surface area (Å²) in [5.74, 6) is 2.45. The highest BCUT2D eigenvalue weighted by Gasteiger charge is 2.21. The van der Waals surface area contributed by atoms with Gasteiger partial charge < -0.3 is 9.32 Å². The summed E-state index contributed by atoms with van der Waals surface area (Å²) in [5.41, 5.74) is -0.115. The van der Waals surface area contributed by atoms with E-state index in [1.165, 1.54) is 0 Å². The number of furan rings is 1. The first-order chi connectivity index (χ1) is 6.80. The van der Waals surface area contributed by atoms with Crippen molar-refractivity contribution >= 4 is 5.84 Å². The zero-order chi connectivity index (χ0) is 11.6. The molecule has 0 aliphatic heterocycles. The van der Waals surface area contributed by atoms with E-state index in [0.29, 0.717) is 12.4 Å². The molecular formula is C12H20N2O. The van der Waals surface area contributed by atoms with Gasteiger partial charge in [0.25, 0.3) is 0 Å². The van der Waals surface area contributed by atoms with Crippen LogP contribution in [-0.4, -0.2) is 17.8 Å². The molecule has 0 aliphatic rings. The number of nitrogens with zero attached hydrogens (tertiary/aromatic N) is 1. The summed E-state index contributed by atoms with van der Waals surface area (Å²) >= 11 is 0. The summed E-state index contributed by atoms with van der Waals surface area (Å²) in [6.45, 7) is 8.71. The van der Waals surface area contributed by atoms with Crippen LogP contribution in [0.15, 0.2) is 16.5 Å². The maximum absolute atomic E-state index is 7.99. The molecule has 1 N–H and O–H groups in total. The summed E-state index contributed by atoms with van der Waals surface area (Å²) in [4.78, 5) is 1.91. The van der Waals surface area contributed by atoms with Crippen LogP contribution in [0.4, 0.5) is 0 Å². The molecular weight excluding hydrogens is 188 g/mol. The molecule has 0 atom stereocenters. The fourth-order valence-corrected chi connectivity index (χ4v) is 1.46. The van der Waals surface area contributed by atoms with E-state index < -0.39 is 0 Å². The molecule has 1 aromatic heterocycles. The minimum Gasteiger partial charge on any atom is -0.464 e. The second-order valence-electron chi connectivity index (χ2n) is 4.97. The molecule has 0 radical (unpaired) electrons. The second-order valence-corrected chi connectivity index (χ2v) is 4.97. The first kappa shape index (κ1) is 11.8. The number of hydrogen-bond acceptors (Lipinski definition) is 2. The fourth-order valence-electron chi connectivity index (χ4n) is 1.46. The smallest absolute Gasteiger partial charge is 0.123 e. The van der Waals surface area contributed by atoms with E-state index in [9.17, 15) is 0 Å². The van der Waals surface area contributed by atoms with Crippen LogP contribution in [-0.2, 0) is 6.54 Å². The molecule has 0 aliphatic carbocycles. The molecule has 0 saturated carbocycles. The Morgan fingerprint density at radius 1 is 1.40 bits per heavy atom. The molecule has 1 rings (SSSR count). The molecule has 0 fully saturated rings. The van der Waals surface area contributed by atoms with Gasteiger partial charge in [-0.25, -0.2) is 0 Å². The summed E-state index contributed by atoms with van der Waals surface area (Å²) in [7, 11) is 1.92. The van der Waals surface area contributed by atoms with Crippen molar-refractivity contribution in [3.63, 3.8) is 0 Å². The fraction of sp³-hybridized carbons (Fsp3) is 0.583. The maximum atomic E-state index is 7.99. The first-order valence-corrected chi connectivity index (χ1v) is 5.16. The molecule has 0 amide bonds. The monoisotopic (exact) mass is 208 g/mol. The molecule has 84 valence electrons. The molecule has 0 spiro atoms. The Morgan fingerprint density at radius 2 is 2.00 bits per heavy atom. The first-order valence-electron chi connectivity index (χ1n) is 5.16. The van der Waals surface area contributed by atoms with Gasteiger partial charge in [0.2, 0.25) is 0 Å². The summed E-state index contributed by atoms with van der Waals surface area (Å²) < 4.78 is 5.48. The van der Waals surface area contributed by atoms with Gasteiger partial charge >= 0.3 is 0 Å². The van der Waals surface area contributed by atoms with Gasteiger partial charge in [0.15, 0.2) is 0 Å². The Labute approximate surface area is 91.6 Å². The molecule has 3 heteroatoms. The van der Waals surface area contributed by atoms with Crippen molar-refractivity contribution in [3.8, 4) is 0 Å². The lowest BCUT2D eigenvalue weighted by Crippen LogP contribution is -2.35. The lowest BCUT2D eigenvalue weighted by molar-refractivity contribution is 0.367. The van der Waals surface area contributed by atoms with Crippen LogP contribution in [0.1, 0.15) is 32.3 Å². The predicted molar refractivity (Wildman–Crippen MR) is 62.1 cm³/mol. The Kier molecular flexibility index (Phi) is 3.22. The minimum absolute atomic E-state index is 0.115. The summed E-state index contributed by atoms with van der Waals surface area (Å²) in [6, 6.07) is 3.91. The van der Waals surface area contributed by atoms with E-state index in [4.69, 9.17) is 9.83 Å². The number of nitrogens with one attached hydrogen (secondary N) is 1. The average molecular weight is 208 g/mol. The van der Waals surface area contributed by atoms with Gasteiger partial charge in [-0.1, -0.05) is 20.8 Å². The van der Waals surface area contributed by atoms with Gasteiger partial charge in [0.1, 0.15) is 17.4 Å². The third kappa shape index (κ3) is 3.11. The van der Waals surface area contributed by atoms with Crippen LogP contribution >= 0.6 is 0 Å². The number of amidine groups is 1. The Balaban J connectivity index is 2.64.